The minimum Gasteiger partial charge on any atom is -0.497 e. The molecule has 1 N–H and O–H groups in total. The zero-order valence-corrected chi connectivity index (χ0v) is 23.0. The second-order valence-corrected chi connectivity index (χ2v) is 9.32. The van der Waals surface area contributed by atoms with Crippen molar-refractivity contribution < 1.29 is 43.1 Å². The molecule has 1 atom stereocenters. The predicted octanol–water partition coefficient (Wildman–Crippen LogP) is 4.47. The number of hydrogen-bond donors (Lipinski definition) is 1. The second-order valence-electron chi connectivity index (χ2n) is 9.32. The lowest BCUT2D eigenvalue weighted by Crippen LogP contribution is -2.46. The maximum absolute atomic E-state index is 12.7. The molecular formula is C27H37NO9. The molecule has 0 radical (unpaired) electrons. The van der Waals surface area contributed by atoms with Crippen molar-refractivity contribution in [1.82, 2.24) is 4.90 Å². The first-order chi connectivity index (χ1) is 17.4. The molecule has 0 aromatic heterocycles. The molecular weight excluding hydrogens is 482 g/mol. The highest BCUT2D eigenvalue weighted by atomic mass is 16.6. The van der Waals surface area contributed by atoms with Gasteiger partial charge in [-0.2, -0.15) is 0 Å². The number of rotatable bonds is 11. The average molecular weight is 520 g/mol. The Kier molecular flexibility index (Phi) is 9.88. The number of aliphatic carboxylic acids is 1. The van der Waals surface area contributed by atoms with Gasteiger partial charge < -0.3 is 33.5 Å². The molecule has 204 valence electrons. The van der Waals surface area contributed by atoms with Gasteiger partial charge in [0, 0.05) is 24.6 Å². The molecule has 37 heavy (non-hydrogen) atoms. The van der Waals surface area contributed by atoms with E-state index in [1.165, 1.54) is 28.4 Å². The molecule has 10 heteroatoms. The number of hydrogen-bond acceptors (Lipinski definition) is 8. The first-order valence-electron chi connectivity index (χ1n) is 11.6. The van der Waals surface area contributed by atoms with Crippen LogP contribution in [0.5, 0.6) is 28.7 Å². The van der Waals surface area contributed by atoms with Crippen LogP contribution in [-0.4, -0.2) is 69.2 Å². The summed E-state index contributed by atoms with van der Waals surface area (Å²) in [5.41, 5.74) is 1.05. The first-order valence-corrected chi connectivity index (χ1v) is 11.6. The van der Waals surface area contributed by atoms with E-state index in [2.05, 4.69) is 0 Å². The van der Waals surface area contributed by atoms with Gasteiger partial charge in [0.25, 0.3) is 0 Å². The van der Waals surface area contributed by atoms with Gasteiger partial charge in [-0.25, -0.2) is 9.59 Å². The van der Waals surface area contributed by atoms with Crippen molar-refractivity contribution in [2.45, 2.75) is 52.4 Å². The van der Waals surface area contributed by atoms with E-state index < -0.39 is 23.7 Å². The fourth-order valence-corrected chi connectivity index (χ4v) is 3.81. The number of nitrogens with zero attached hydrogens (tertiary/aromatic N) is 1. The zero-order chi connectivity index (χ0) is 27.9. The molecule has 0 spiro atoms. The third-order valence-electron chi connectivity index (χ3n) is 5.63. The average Bonchev–Trinajstić information content (AvgIpc) is 2.84. The van der Waals surface area contributed by atoms with Crippen molar-refractivity contribution in [2.75, 3.05) is 35.5 Å². The summed E-state index contributed by atoms with van der Waals surface area (Å²) < 4.78 is 33.7. The fourth-order valence-electron chi connectivity index (χ4n) is 3.81. The van der Waals surface area contributed by atoms with Crippen molar-refractivity contribution >= 4 is 12.1 Å². The Labute approximate surface area is 218 Å². The summed E-state index contributed by atoms with van der Waals surface area (Å²) >= 11 is 0. The summed E-state index contributed by atoms with van der Waals surface area (Å²) in [5.74, 6) is 0.778. The Hall–Kier alpha value is -3.82. The predicted molar refractivity (Wildman–Crippen MR) is 137 cm³/mol. The maximum Gasteiger partial charge on any atom is 0.410 e. The monoisotopic (exact) mass is 519 g/mol. The SMILES string of the molecule is COc1ccc(COc2c(C[C@@H](C(=O)O)N(C)C(=O)OC(C)(C)C)c(OC)c(C)c(OC)c2OC)cc1. The van der Waals surface area contributed by atoms with Crippen LogP contribution in [0.2, 0.25) is 0 Å². The lowest BCUT2D eigenvalue weighted by Gasteiger charge is -2.30. The van der Waals surface area contributed by atoms with E-state index in [-0.39, 0.29) is 24.5 Å². The van der Waals surface area contributed by atoms with Crippen LogP contribution in [0.1, 0.15) is 37.5 Å². The molecule has 1 amide bonds. The van der Waals surface area contributed by atoms with Gasteiger partial charge in [-0.1, -0.05) is 12.1 Å². The molecule has 2 aromatic rings. The Morgan fingerprint density at radius 1 is 0.892 bits per heavy atom. The van der Waals surface area contributed by atoms with Crippen LogP contribution >= 0.6 is 0 Å². The Morgan fingerprint density at radius 2 is 1.46 bits per heavy atom. The topological polar surface area (TPSA) is 113 Å². The van der Waals surface area contributed by atoms with E-state index in [4.69, 9.17) is 28.4 Å². The number of carboxylic acids is 1. The Morgan fingerprint density at radius 3 is 1.92 bits per heavy atom. The quantitative estimate of drug-likeness (QED) is 0.459. The van der Waals surface area contributed by atoms with E-state index in [1.807, 2.05) is 24.3 Å². The summed E-state index contributed by atoms with van der Waals surface area (Å²) in [6.45, 7) is 7.04. The van der Waals surface area contributed by atoms with Crippen LogP contribution in [0, 0.1) is 6.92 Å². The molecule has 0 saturated heterocycles. The number of carbonyl (C=O) groups is 2. The highest BCUT2D eigenvalue weighted by Gasteiger charge is 2.35. The molecule has 0 heterocycles. The van der Waals surface area contributed by atoms with Gasteiger partial charge in [-0.15, -0.1) is 0 Å². The van der Waals surface area contributed by atoms with Gasteiger partial charge in [-0.3, -0.25) is 4.90 Å². The molecule has 0 aliphatic heterocycles. The fraction of sp³-hybridized carbons (Fsp3) is 0.481. The van der Waals surface area contributed by atoms with Crippen LogP contribution in [0.4, 0.5) is 4.79 Å². The summed E-state index contributed by atoms with van der Waals surface area (Å²) in [6, 6.07) is 6.03. The molecule has 0 fully saturated rings. The summed E-state index contributed by atoms with van der Waals surface area (Å²) in [5, 5.41) is 10.1. The Bertz CT molecular complexity index is 1090. The summed E-state index contributed by atoms with van der Waals surface area (Å²) in [4.78, 5) is 26.1. The highest BCUT2D eigenvalue weighted by Crippen LogP contribution is 2.49. The minimum absolute atomic E-state index is 0.141. The lowest BCUT2D eigenvalue weighted by molar-refractivity contribution is -0.142. The molecule has 0 unspecified atom stereocenters. The molecule has 2 aromatic carbocycles. The van der Waals surface area contributed by atoms with Crippen LogP contribution in [-0.2, 0) is 22.6 Å². The summed E-state index contributed by atoms with van der Waals surface area (Å²) in [6.07, 6.45) is -0.912. The van der Waals surface area contributed by atoms with E-state index in [9.17, 15) is 14.7 Å². The molecule has 2 rings (SSSR count). The summed E-state index contributed by atoms with van der Waals surface area (Å²) in [7, 11) is 7.40. The van der Waals surface area contributed by atoms with Crippen LogP contribution < -0.4 is 23.7 Å². The molecule has 0 saturated carbocycles. The van der Waals surface area contributed by atoms with Crippen molar-refractivity contribution in [3.63, 3.8) is 0 Å². The minimum atomic E-state index is -1.29. The van der Waals surface area contributed by atoms with E-state index >= 15 is 0 Å². The number of amides is 1. The molecule has 0 bridgehead atoms. The lowest BCUT2D eigenvalue weighted by atomic mass is 9.98. The van der Waals surface area contributed by atoms with Gasteiger partial charge >= 0.3 is 12.1 Å². The van der Waals surface area contributed by atoms with Gasteiger partial charge in [-0.05, 0) is 45.4 Å². The number of carboxylic acid groups (broad SMARTS) is 1. The highest BCUT2D eigenvalue weighted by molar-refractivity contribution is 5.81. The van der Waals surface area contributed by atoms with E-state index in [1.54, 1.807) is 34.8 Å². The Balaban J connectivity index is 2.59. The van der Waals surface area contributed by atoms with Crippen LogP contribution in [0.25, 0.3) is 0 Å². The zero-order valence-electron chi connectivity index (χ0n) is 23.0. The normalized spacial score (nSPS) is 11.8. The number of methoxy groups -OCH3 is 4. The third kappa shape index (κ3) is 7.12. The number of likely N-dealkylation sites (N-methyl/N-ethyl adjacent to an activating group) is 1. The number of carbonyl (C=O) groups excluding carboxylic acids is 1. The van der Waals surface area contributed by atoms with E-state index in [0.717, 1.165) is 10.5 Å². The van der Waals surface area contributed by atoms with Crippen LogP contribution in [0.15, 0.2) is 24.3 Å². The molecule has 10 nitrogen and oxygen atoms in total. The second kappa shape index (κ2) is 12.4. The largest absolute Gasteiger partial charge is 0.497 e. The van der Waals surface area contributed by atoms with Crippen molar-refractivity contribution in [2.24, 2.45) is 0 Å². The molecule has 0 aliphatic carbocycles. The van der Waals surface area contributed by atoms with Gasteiger partial charge in [0.2, 0.25) is 5.75 Å². The first kappa shape index (κ1) is 29.4. The van der Waals surface area contributed by atoms with Crippen molar-refractivity contribution in [3.05, 3.63) is 41.0 Å². The third-order valence-corrected chi connectivity index (χ3v) is 5.63. The van der Waals surface area contributed by atoms with E-state index in [0.29, 0.717) is 28.4 Å². The maximum atomic E-state index is 12.7. The van der Waals surface area contributed by atoms with Crippen molar-refractivity contribution in [3.8, 4) is 28.7 Å². The smallest absolute Gasteiger partial charge is 0.410 e. The van der Waals surface area contributed by atoms with Gasteiger partial charge in [0.05, 0.1) is 28.4 Å². The van der Waals surface area contributed by atoms with Gasteiger partial charge in [0.1, 0.15) is 29.7 Å². The van der Waals surface area contributed by atoms with Crippen molar-refractivity contribution in [1.29, 1.82) is 0 Å². The van der Waals surface area contributed by atoms with Gasteiger partial charge in [0.15, 0.2) is 11.5 Å². The molecule has 0 aliphatic rings. The number of benzene rings is 2. The standard InChI is InChI=1S/C27H37NO9/c1-16-21(33-7)19(14-20(25(29)30)28(5)26(31)37-27(2,3)4)23(24(35-9)22(16)34-8)36-15-17-10-12-18(32-6)13-11-17/h10-13,20H,14-15H2,1-9H3,(H,29,30)/t20-/m0/s1. The van der Waals surface area contributed by atoms with Crippen LogP contribution in [0.3, 0.4) is 0 Å². The number of ether oxygens (including phenoxy) is 6.